The van der Waals surface area contributed by atoms with E-state index in [0.29, 0.717) is 0 Å². The highest BCUT2D eigenvalue weighted by Crippen LogP contribution is 2.26. The van der Waals surface area contributed by atoms with Gasteiger partial charge >= 0.3 is 0 Å². The molecule has 0 fully saturated rings. The molecule has 0 amide bonds. The van der Waals surface area contributed by atoms with Gasteiger partial charge in [0.2, 0.25) is 0 Å². The maximum atomic E-state index is 4.50. The van der Waals surface area contributed by atoms with Gasteiger partial charge in [-0.05, 0) is 24.2 Å². The maximum absolute atomic E-state index is 4.50. The SMILES string of the molecule is C=Cc1ccccc1SCc1ccccc1.CC.CN. The van der Waals surface area contributed by atoms with Crippen LogP contribution in [0.15, 0.2) is 66.1 Å². The van der Waals surface area contributed by atoms with Gasteiger partial charge in [0.1, 0.15) is 0 Å². The molecule has 1 nitrogen and oxygen atoms in total. The fraction of sp³-hybridized carbons (Fsp3) is 0.222. The molecule has 2 aromatic rings. The van der Waals surface area contributed by atoms with E-state index in [1.54, 1.807) is 0 Å². The molecule has 0 spiro atoms. The summed E-state index contributed by atoms with van der Waals surface area (Å²) in [4.78, 5) is 1.29. The molecule has 0 bridgehead atoms. The van der Waals surface area contributed by atoms with Crippen molar-refractivity contribution in [1.29, 1.82) is 0 Å². The molecule has 0 aromatic heterocycles. The van der Waals surface area contributed by atoms with Crippen molar-refractivity contribution in [3.8, 4) is 0 Å². The molecule has 0 saturated heterocycles. The summed E-state index contributed by atoms with van der Waals surface area (Å²) in [6.45, 7) is 7.83. The highest BCUT2D eigenvalue weighted by atomic mass is 32.2. The van der Waals surface area contributed by atoms with Gasteiger partial charge in [-0.3, -0.25) is 0 Å². The van der Waals surface area contributed by atoms with Crippen LogP contribution in [0.1, 0.15) is 25.0 Å². The normalized spacial score (nSPS) is 8.60. The van der Waals surface area contributed by atoms with Crippen molar-refractivity contribution in [2.45, 2.75) is 24.5 Å². The predicted octanol–water partition coefficient (Wildman–Crippen LogP) is 5.22. The topological polar surface area (TPSA) is 26.0 Å². The number of hydrogen-bond acceptors (Lipinski definition) is 2. The zero-order valence-electron chi connectivity index (χ0n) is 12.7. The molecule has 20 heavy (non-hydrogen) atoms. The summed E-state index contributed by atoms with van der Waals surface area (Å²) in [5.74, 6) is 1.01. The molecule has 2 rings (SSSR count). The molecule has 0 atom stereocenters. The molecule has 2 aromatic carbocycles. The van der Waals surface area contributed by atoms with Crippen LogP contribution < -0.4 is 5.73 Å². The maximum Gasteiger partial charge on any atom is 0.0232 e. The lowest BCUT2D eigenvalue weighted by Crippen LogP contribution is -1.82. The average Bonchev–Trinajstić information content (AvgIpc) is 2.58. The Hall–Kier alpha value is -1.51. The molecule has 0 aliphatic carbocycles. The first-order valence-corrected chi connectivity index (χ1v) is 7.84. The first-order valence-electron chi connectivity index (χ1n) is 6.86. The number of thioether (sulfide) groups is 1. The molecule has 0 aliphatic heterocycles. The fourth-order valence-electron chi connectivity index (χ4n) is 1.52. The van der Waals surface area contributed by atoms with Crippen LogP contribution in [0.4, 0.5) is 0 Å². The molecule has 0 radical (unpaired) electrons. The zero-order chi connectivity index (χ0) is 15.2. The van der Waals surface area contributed by atoms with Gasteiger partial charge in [-0.25, -0.2) is 0 Å². The Kier molecular flexibility index (Phi) is 11.6. The van der Waals surface area contributed by atoms with Crippen molar-refractivity contribution in [3.63, 3.8) is 0 Å². The molecule has 0 aliphatic rings. The lowest BCUT2D eigenvalue weighted by molar-refractivity contribution is 1.37. The standard InChI is InChI=1S/C15H14S.C2H6.CH5N/c1-2-14-10-6-7-11-15(14)16-12-13-8-4-3-5-9-13;2*1-2/h2-11H,1,12H2;1-2H3;2H2,1H3. The van der Waals surface area contributed by atoms with Crippen LogP contribution in [0, 0.1) is 0 Å². The first-order chi connectivity index (χ1) is 9.90. The van der Waals surface area contributed by atoms with Crippen LogP contribution in [-0.4, -0.2) is 7.05 Å². The van der Waals surface area contributed by atoms with E-state index in [2.05, 4.69) is 54.8 Å². The van der Waals surface area contributed by atoms with Crippen LogP contribution in [0.25, 0.3) is 6.08 Å². The number of benzene rings is 2. The van der Waals surface area contributed by atoms with Gasteiger partial charge in [0, 0.05) is 10.6 Å². The summed E-state index contributed by atoms with van der Waals surface area (Å²) in [5, 5.41) is 0. The lowest BCUT2D eigenvalue weighted by atomic mass is 10.2. The Balaban J connectivity index is 0.000000829. The van der Waals surface area contributed by atoms with E-state index in [9.17, 15) is 0 Å². The lowest BCUT2D eigenvalue weighted by Gasteiger charge is -2.05. The minimum absolute atomic E-state index is 1.01. The van der Waals surface area contributed by atoms with E-state index in [0.717, 1.165) is 5.75 Å². The summed E-state index contributed by atoms with van der Waals surface area (Å²) in [6.07, 6.45) is 1.91. The van der Waals surface area contributed by atoms with Crippen molar-refractivity contribution >= 4 is 17.8 Å². The second-order valence-corrected chi connectivity index (χ2v) is 4.53. The molecule has 108 valence electrons. The van der Waals surface area contributed by atoms with Gasteiger partial charge in [0.25, 0.3) is 0 Å². The van der Waals surface area contributed by atoms with Crippen molar-refractivity contribution < 1.29 is 0 Å². The second kappa shape index (κ2) is 12.5. The van der Waals surface area contributed by atoms with Gasteiger partial charge in [0.15, 0.2) is 0 Å². The number of rotatable bonds is 4. The molecular formula is C18H25NS. The van der Waals surface area contributed by atoms with Gasteiger partial charge in [-0.15, -0.1) is 11.8 Å². The van der Waals surface area contributed by atoms with E-state index in [1.807, 2.05) is 43.8 Å². The van der Waals surface area contributed by atoms with Gasteiger partial charge in [-0.2, -0.15) is 0 Å². The largest absolute Gasteiger partial charge is 0.333 e. The second-order valence-electron chi connectivity index (χ2n) is 3.52. The monoisotopic (exact) mass is 287 g/mol. The minimum Gasteiger partial charge on any atom is -0.333 e. The van der Waals surface area contributed by atoms with Gasteiger partial charge < -0.3 is 5.73 Å². The summed E-state index contributed by atoms with van der Waals surface area (Å²) in [7, 11) is 1.50. The van der Waals surface area contributed by atoms with Crippen LogP contribution in [0.2, 0.25) is 0 Å². The number of nitrogens with two attached hydrogens (primary N) is 1. The van der Waals surface area contributed by atoms with Gasteiger partial charge in [0.05, 0.1) is 0 Å². The van der Waals surface area contributed by atoms with E-state index < -0.39 is 0 Å². The van der Waals surface area contributed by atoms with Crippen molar-refractivity contribution in [2.24, 2.45) is 5.73 Å². The van der Waals surface area contributed by atoms with Crippen LogP contribution in [0.3, 0.4) is 0 Å². The fourth-order valence-corrected chi connectivity index (χ4v) is 2.52. The van der Waals surface area contributed by atoms with Crippen LogP contribution in [0.5, 0.6) is 0 Å². The highest BCUT2D eigenvalue weighted by molar-refractivity contribution is 7.98. The highest BCUT2D eigenvalue weighted by Gasteiger charge is 1.99. The van der Waals surface area contributed by atoms with Crippen LogP contribution >= 0.6 is 11.8 Å². The van der Waals surface area contributed by atoms with Gasteiger partial charge in [-0.1, -0.05) is 75.0 Å². The number of hydrogen-bond donors (Lipinski definition) is 1. The third-order valence-corrected chi connectivity index (χ3v) is 3.54. The summed E-state index contributed by atoms with van der Waals surface area (Å²) < 4.78 is 0. The predicted molar refractivity (Wildman–Crippen MR) is 94.0 cm³/mol. The Bertz CT molecular complexity index is 466. The Morgan fingerprint density at radius 3 is 2.10 bits per heavy atom. The Labute approximate surface area is 127 Å². The van der Waals surface area contributed by atoms with Crippen molar-refractivity contribution in [2.75, 3.05) is 7.05 Å². The third kappa shape index (κ3) is 6.60. The van der Waals surface area contributed by atoms with Crippen LogP contribution in [-0.2, 0) is 5.75 Å². The van der Waals surface area contributed by atoms with E-state index in [1.165, 1.54) is 23.1 Å². The van der Waals surface area contributed by atoms with E-state index in [4.69, 9.17) is 0 Å². The average molecular weight is 287 g/mol. The smallest absolute Gasteiger partial charge is 0.0232 e. The molecular weight excluding hydrogens is 262 g/mol. The third-order valence-electron chi connectivity index (χ3n) is 2.38. The Morgan fingerprint density at radius 1 is 0.950 bits per heavy atom. The summed E-state index contributed by atoms with van der Waals surface area (Å²) in [6, 6.07) is 18.9. The molecule has 2 heteroatoms. The first kappa shape index (κ1) is 18.5. The minimum atomic E-state index is 1.01. The Morgan fingerprint density at radius 2 is 1.50 bits per heavy atom. The summed E-state index contributed by atoms with van der Waals surface area (Å²) in [5.41, 5.74) is 7.06. The van der Waals surface area contributed by atoms with E-state index in [-0.39, 0.29) is 0 Å². The molecule has 2 N–H and O–H groups in total. The molecule has 0 unspecified atom stereocenters. The molecule has 0 heterocycles. The zero-order valence-corrected chi connectivity index (χ0v) is 13.5. The van der Waals surface area contributed by atoms with Crippen molar-refractivity contribution in [1.82, 2.24) is 0 Å². The molecule has 0 saturated carbocycles. The van der Waals surface area contributed by atoms with Crippen molar-refractivity contribution in [3.05, 3.63) is 72.3 Å². The van der Waals surface area contributed by atoms with E-state index >= 15 is 0 Å². The quantitative estimate of drug-likeness (QED) is 0.780. The summed E-state index contributed by atoms with van der Waals surface area (Å²) >= 11 is 1.85.